The minimum atomic E-state index is -0.254. The fourth-order valence-electron chi connectivity index (χ4n) is 5.46. The van der Waals surface area contributed by atoms with E-state index in [-0.39, 0.29) is 18.4 Å². The zero-order valence-corrected chi connectivity index (χ0v) is 27.2. The number of esters is 2. The first kappa shape index (κ1) is 31.7. The first-order chi connectivity index (χ1) is 20.4. The van der Waals surface area contributed by atoms with Crippen LogP contribution in [-0.4, -0.2) is 47.0 Å². The third kappa shape index (κ3) is 6.58. The van der Waals surface area contributed by atoms with E-state index in [4.69, 9.17) is 19.5 Å². The maximum absolute atomic E-state index is 12.1. The molecule has 0 bridgehead atoms. The summed E-state index contributed by atoms with van der Waals surface area (Å²) in [6.07, 6.45) is 6.00. The van der Waals surface area contributed by atoms with Crippen LogP contribution in [0.25, 0.3) is 12.2 Å². The normalized spacial score (nSPS) is 17.0. The Bertz CT molecular complexity index is 1670. The quantitative estimate of drug-likeness (QED) is 0.285. The highest BCUT2D eigenvalue weighted by molar-refractivity contribution is 6.12. The van der Waals surface area contributed by atoms with Gasteiger partial charge < -0.3 is 19.4 Å². The van der Waals surface area contributed by atoms with Crippen LogP contribution in [0.2, 0.25) is 0 Å². The van der Waals surface area contributed by atoms with Crippen LogP contribution in [0, 0.1) is 27.7 Å². The molecule has 228 valence electrons. The Morgan fingerprint density at radius 1 is 0.698 bits per heavy atom. The van der Waals surface area contributed by atoms with E-state index < -0.39 is 0 Å². The predicted octanol–water partition coefficient (Wildman–Crippen LogP) is 7.34. The maximum atomic E-state index is 12.1. The Hall–Kier alpha value is -4.20. The molecule has 0 aromatic carbocycles. The second-order valence-corrected chi connectivity index (χ2v) is 11.4. The molecule has 2 N–H and O–H groups in total. The summed E-state index contributed by atoms with van der Waals surface area (Å²) in [4.78, 5) is 40.7. The highest BCUT2D eigenvalue weighted by Gasteiger charge is 2.23. The van der Waals surface area contributed by atoms with E-state index in [0.29, 0.717) is 19.4 Å². The molecule has 4 rings (SSSR count). The average molecular weight is 585 g/mol. The van der Waals surface area contributed by atoms with Gasteiger partial charge in [0.15, 0.2) is 0 Å². The number of carbonyl (C=O) groups is 2. The summed E-state index contributed by atoms with van der Waals surface area (Å²) in [7, 11) is 1.41. The van der Waals surface area contributed by atoms with Gasteiger partial charge in [-0.1, -0.05) is 0 Å². The number of allylic oxidation sites excluding steroid dienone is 4. The molecule has 0 saturated carbocycles. The molecule has 2 aliphatic heterocycles. The van der Waals surface area contributed by atoms with Gasteiger partial charge in [-0.15, -0.1) is 0 Å². The molecule has 0 spiro atoms. The van der Waals surface area contributed by atoms with Crippen LogP contribution in [0.5, 0.6) is 0 Å². The number of nitrogens with zero attached hydrogens (tertiary/aromatic N) is 2. The van der Waals surface area contributed by atoms with Gasteiger partial charge in [0.1, 0.15) is 0 Å². The third-order valence-corrected chi connectivity index (χ3v) is 9.01. The molecular weight excluding hydrogens is 540 g/mol. The first-order valence-corrected chi connectivity index (χ1v) is 14.9. The second kappa shape index (κ2) is 13.0. The SMILES string of the molecule is CCOC(=O)CC1=N/C(=C\c2[nH]c(Cc3[nH]c(/C=C4/N=C(CCC(=O)OC)C(C)=C4C)c(C)c3C)c(C)c2C)C(C)=C1C. The lowest BCUT2D eigenvalue weighted by Gasteiger charge is -2.02. The molecule has 4 heterocycles. The topological polar surface area (TPSA) is 109 Å². The van der Waals surface area contributed by atoms with E-state index in [0.717, 1.165) is 74.3 Å². The molecule has 2 aromatic rings. The summed E-state index contributed by atoms with van der Waals surface area (Å²) < 4.78 is 9.93. The van der Waals surface area contributed by atoms with Gasteiger partial charge in [-0.3, -0.25) is 19.6 Å². The van der Waals surface area contributed by atoms with Crippen molar-refractivity contribution in [1.82, 2.24) is 9.97 Å². The zero-order valence-electron chi connectivity index (χ0n) is 27.2. The van der Waals surface area contributed by atoms with Crippen LogP contribution in [-0.2, 0) is 25.5 Å². The molecule has 0 amide bonds. The summed E-state index contributed by atoms with van der Waals surface area (Å²) in [5.41, 5.74) is 17.0. The summed E-state index contributed by atoms with van der Waals surface area (Å²) in [5.74, 6) is -0.479. The zero-order chi connectivity index (χ0) is 31.6. The highest BCUT2D eigenvalue weighted by Crippen LogP contribution is 2.32. The fraction of sp³-hybridized carbons (Fsp3) is 0.429. The second-order valence-electron chi connectivity index (χ2n) is 11.4. The molecule has 0 aliphatic carbocycles. The van der Waals surface area contributed by atoms with Gasteiger partial charge in [0.05, 0.1) is 43.7 Å². The molecule has 0 unspecified atom stereocenters. The Morgan fingerprint density at radius 2 is 1.19 bits per heavy atom. The van der Waals surface area contributed by atoms with Gasteiger partial charge in [-0.2, -0.15) is 0 Å². The summed E-state index contributed by atoms with van der Waals surface area (Å²) in [6.45, 7) is 18.9. The van der Waals surface area contributed by atoms with Crippen LogP contribution in [0.15, 0.2) is 43.7 Å². The summed E-state index contributed by atoms with van der Waals surface area (Å²) in [6, 6.07) is 0. The monoisotopic (exact) mass is 584 g/mol. The van der Waals surface area contributed by atoms with E-state index in [9.17, 15) is 9.59 Å². The molecule has 8 nitrogen and oxygen atoms in total. The molecular formula is C35H44N4O4. The minimum Gasteiger partial charge on any atom is -0.469 e. The highest BCUT2D eigenvalue weighted by atomic mass is 16.5. The number of H-pyrrole nitrogens is 2. The van der Waals surface area contributed by atoms with Crippen molar-refractivity contribution in [2.75, 3.05) is 13.7 Å². The Morgan fingerprint density at radius 3 is 1.67 bits per heavy atom. The lowest BCUT2D eigenvalue weighted by molar-refractivity contribution is -0.142. The van der Waals surface area contributed by atoms with Crippen molar-refractivity contribution in [3.05, 3.63) is 78.7 Å². The van der Waals surface area contributed by atoms with Gasteiger partial charge in [0.25, 0.3) is 0 Å². The number of aromatic amines is 2. The van der Waals surface area contributed by atoms with Crippen molar-refractivity contribution < 1.29 is 19.1 Å². The van der Waals surface area contributed by atoms with Crippen molar-refractivity contribution in [1.29, 1.82) is 0 Å². The standard InChI is InChI=1S/C35H44N4O4/c1-11-43-35(41)17-33-25(9)24(8)32(39-33)16-31-23(7)22(6)30(38-31)15-29-21(5)20(4)28(37-29)14-27-19(3)18(2)26(36-27)12-13-34(40)42-10/h14,16,37-38H,11-13,15,17H2,1-10H3/b27-14+,32-16-. The van der Waals surface area contributed by atoms with E-state index in [1.165, 1.54) is 29.4 Å². The lowest BCUT2D eigenvalue weighted by Crippen LogP contribution is -2.10. The number of methoxy groups -OCH3 is 1. The van der Waals surface area contributed by atoms with E-state index in [2.05, 4.69) is 63.7 Å². The number of rotatable bonds is 10. The fourth-order valence-corrected chi connectivity index (χ4v) is 5.46. The van der Waals surface area contributed by atoms with Gasteiger partial charge in [-0.25, -0.2) is 0 Å². The molecule has 43 heavy (non-hydrogen) atoms. The van der Waals surface area contributed by atoms with Crippen molar-refractivity contribution >= 4 is 35.5 Å². The largest absolute Gasteiger partial charge is 0.469 e. The number of nitrogens with one attached hydrogen (secondary N) is 2. The molecule has 8 heteroatoms. The van der Waals surface area contributed by atoms with Crippen molar-refractivity contribution in [3.8, 4) is 0 Å². The maximum Gasteiger partial charge on any atom is 0.311 e. The van der Waals surface area contributed by atoms with Crippen LogP contribution >= 0.6 is 0 Å². The van der Waals surface area contributed by atoms with Gasteiger partial charge in [-0.05, 0) is 119 Å². The number of ether oxygens (including phenoxy) is 2. The molecule has 0 radical (unpaired) electrons. The van der Waals surface area contributed by atoms with Crippen molar-refractivity contribution in [2.45, 2.75) is 88.0 Å². The van der Waals surface area contributed by atoms with Gasteiger partial charge in [0, 0.05) is 41.3 Å². The molecule has 0 atom stereocenters. The number of hydrogen-bond acceptors (Lipinski definition) is 6. The van der Waals surface area contributed by atoms with E-state index in [1.54, 1.807) is 0 Å². The van der Waals surface area contributed by atoms with Crippen molar-refractivity contribution in [3.63, 3.8) is 0 Å². The lowest BCUT2D eigenvalue weighted by atomic mass is 10.0. The Labute approximate surface area is 254 Å². The Kier molecular flexibility index (Phi) is 9.58. The molecule has 2 aromatic heterocycles. The van der Waals surface area contributed by atoms with Crippen molar-refractivity contribution in [2.24, 2.45) is 9.98 Å². The smallest absolute Gasteiger partial charge is 0.311 e. The number of aliphatic imine (C=N–C) groups is 2. The summed E-state index contributed by atoms with van der Waals surface area (Å²) in [5, 5.41) is 0. The molecule has 0 saturated heterocycles. The molecule has 0 fully saturated rings. The van der Waals surface area contributed by atoms with E-state index in [1.807, 2.05) is 20.8 Å². The van der Waals surface area contributed by atoms with Crippen LogP contribution in [0.4, 0.5) is 0 Å². The third-order valence-electron chi connectivity index (χ3n) is 9.01. The number of aromatic nitrogens is 2. The average Bonchev–Trinajstić information content (AvgIpc) is 3.60. The Balaban J connectivity index is 1.58. The van der Waals surface area contributed by atoms with E-state index >= 15 is 0 Å². The summed E-state index contributed by atoms with van der Waals surface area (Å²) >= 11 is 0. The van der Waals surface area contributed by atoms with Gasteiger partial charge in [0.2, 0.25) is 0 Å². The minimum absolute atomic E-state index is 0.182. The van der Waals surface area contributed by atoms with Crippen LogP contribution in [0.1, 0.15) is 98.9 Å². The number of carbonyl (C=O) groups excluding carboxylic acids is 2. The van der Waals surface area contributed by atoms with Gasteiger partial charge >= 0.3 is 11.9 Å². The van der Waals surface area contributed by atoms with Crippen LogP contribution < -0.4 is 0 Å². The number of hydrogen-bond donors (Lipinski definition) is 2. The first-order valence-electron chi connectivity index (χ1n) is 14.9. The molecule has 2 aliphatic rings. The predicted molar refractivity (Wildman–Crippen MR) is 173 cm³/mol. The van der Waals surface area contributed by atoms with Crippen LogP contribution in [0.3, 0.4) is 0 Å².